The van der Waals surface area contributed by atoms with Crippen LogP contribution < -0.4 is 3.71 Å². The van der Waals surface area contributed by atoms with Gasteiger partial charge in [0.15, 0.2) is 0 Å². The van der Waals surface area contributed by atoms with E-state index < -0.39 is 24.3 Å². The summed E-state index contributed by atoms with van der Waals surface area (Å²) >= 11 is -2.72. The molecule has 0 saturated carbocycles. The van der Waals surface area contributed by atoms with Crippen molar-refractivity contribution in [3.05, 3.63) is 35.9 Å². The number of aromatic nitrogens is 1. The van der Waals surface area contributed by atoms with E-state index in [0.717, 1.165) is 10.9 Å². The van der Waals surface area contributed by atoms with Gasteiger partial charge in [0.05, 0.1) is 0 Å². The Morgan fingerprint density at radius 2 is 1.50 bits per heavy atom. The third kappa shape index (κ3) is 4.99. The Morgan fingerprint density at radius 1 is 0.962 bits per heavy atom. The normalized spacial score (nSPS) is 11.8. The van der Waals surface area contributed by atoms with Crippen molar-refractivity contribution in [2.24, 2.45) is 0 Å². The summed E-state index contributed by atoms with van der Waals surface area (Å²) in [5, 5.41) is 10.6. The molecular weight excluding hydrogens is 429 g/mol. The number of rotatable bonds is 11. The zero-order valence-electron chi connectivity index (χ0n) is 16.6. The molecule has 0 bridgehead atoms. The van der Waals surface area contributed by atoms with Crippen molar-refractivity contribution in [2.45, 2.75) is 72.6 Å². The molecule has 0 saturated heterocycles. The zero-order chi connectivity index (χ0) is 19.0. The van der Waals surface area contributed by atoms with E-state index in [1.807, 2.05) is 30.3 Å². The van der Waals surface area contributed by atoms with Crippen LogP contribution in [0, 0.1) is 0 Å². The van der Waals surface area contributed by atoms with Gasteiger partial charge in [-0.15, -0.1) is 0 Å². The molecule has 0 atom stereocenters. The van der Waals surface area contributed by atoms with E-state index in [9.17, 15) is 9.90 Å². The summed E-state index contributed by atoms with van der Waals surface area (Å²) in [5.74, 6) is -0.827. The van der Waals surface area contributed by atoms with Crippen molar-refractivity contribution in [3.8, 4) is 0 Å². The molecule has 0 amide bonds. The number of carbonyl (C=O) groups is 1. The monoisotopic (exact) mass is 463 g/mol. The molecule has 1 N–H and O–H groups in total. The number of carboxylic acids is 1. The van der Waals surface area contributed by atoms with Crippen LogP contribution in [0.4, 0.5) is 0 Å². The number of carboxylic acid groups (broad SMARTS) is 1. The van der Waals surface area contributed by atoms with Crippen LogP contribution in [0.2, 0.25) is 13.3 Å². The van der Waals surface area contributed by atoms with Crippen LogP contribution in [0.15, 0.2) is 30.3 Å². The van der Waals surface area contributed by atoms with Crippen LogP contribution in [0.3, 0.4) is 0 Å². The van der Waals surface area contributed by atoms with Crippen molar-refractivity contribution in [1.29, 1.82) is 0 Å². The fraction of sp³-hybridized carbons (Fsp3) is 0.545. The van der Waals surface area contributed by atoms with Gasteiger partial charge in [-0.1, -0.05) is 0 Å². The Labute approximate surface area is 162 Å². The number of pyridine rings is 1. The Hall–Kier alpha value is -1.10. The molecule has 1 aromatic carbocycles. The molecule has 4 heteroatoms. The van der Waals surface area contributed by atoms with Crippen LogP contribution in [-0.2, 0) is 0 Å². The molecule has 1 aromatic heterocycles. The summed E-state index contributed by atoms with van der Waals surface area (Å²) in [6, 6.07) is 9.68. The fourth-order valence-electron chi connectivity index (χ4n) is 3.93. The van der Waals surface area contributed by atoms with E-state index in [0.29, 0.717) is 5.56 Å². The molecule has 0 radical (unpaired) electrons. The molecular formula is C22H33NO2Sn. The molecule has 2 aromatic rings. The summed E-state index contributed by atoms with van der Waals surface area (Å²) in [5.41, 5.74) is 1.30. The first kappa shape index (κ1) is 21.2. The molecule has 0 aliphatic heterocycles. The molecule has 0 aliphatic carbocycles. The second-order valence-electron chi connectivity index (χ2n) is 7.47. The van der Waals surface area contributed by atoms with E-state index >= 15 is 0 Å². The average Bonchev–Trinajstić information content (AvgIpc) is 2.66. The van der Waals surface area contributed by atoms with Gasteiger partial charge in [0.25, 0.3) is 0 Å². The Bertz CT molecular complexity index is 707. The Balaban J connectivity index is 2.62. The van der Waals surface area contributed by atoms with E-state index in [4.69, 9.17) is 4.98 Å². The third-order valence-electron chi connectivity index (χ3n) is 5.52. The first-order valence-corrected chi connectivity index (χ1v) is 17.7. The summed E-state index contributed by atoms with van der Waals surface area (Å²) in [7, 11) is 0. The number of fused-ring (bicyclic) bond motifs is 1. The number of hydrogen-bond acceptors (Lipinski definition) is 2. The first-order valence-electron chi connectivity index (χ1n) is 10.2. The third-order valence-corrected chi connectivity index (χ3v) is 20.6. The minimum atomic E-state index is -2.72. The average molecular weight is 462 g/mol. The van der Waals surface area contributed by atoms with E-state index in [-0.39, 0.29) is 0 Å². The van der Waals surface area contributed by atoms with Gasteiger partial charge >= 0.3 is 162 Å². The van der Waals surface area contributed by atoms with E-state index in [2.05, 4.69) is 20.8 Å². The summed E-state index contributed by atoms with van der Waals surface area (Å²) in [6.45, 7) is 6.77. The second-order valence-corrected chi connectivity index (χ2v) is 20.5. The number of para-hydroxylation sites is 1. The summed E-state index contributed by atoms with van der Waals surface area (Å²) in [6.07, 6.45) is 7.37. The van der Waals surface area contributed by atoms with Gasteiger partial charge in [-0.2, -0.15) is 0 Å². The minimum absolute atomic E-state index is 0.441. The van der Waals surface area contributed by atoms with Gasteiger partial charge in [0.2, 0.25) is 0 Å². The number of hydrogen-bond donors (Lipinski definition) is 1. The molecule has 142 valence electrons. The number of aromatic carboxylic acids is 1. The molecule has 1 heterocycles. The van der Waals surface area contributed by atoms with Gasteiger partial charge in [-0.05, 0) is 0 Å². The van der Waals surface area contributed by atoms with Crippen molar-refractivity contribution in [1.82, 2.24) is 4.98 Å². The molecule has 26 heavy (non-hydrogen) atoms. The molecule has 0 unspecified atom stereocenters. The summed E-state index contributed by atoms with van der Waals surface area (Å²) < 4.78 is 5.10. The summed E-state index contributed by atoms with van der Waals surface area (Å²) in [4.78, 5) is 17.0. The van der Waals surface area contributed by atoms with Gasteiger partial charge in [0.1, 0.15) is 0 Å². The SMILES string of the molecule is CCC[CH2][Sn]([CH2]CCC)([CH2]CCC)[c]1cc(C(=O)O)c2ccccc2n1. The predicted octanol–water partition coefficient (Wildman–Crippen LogP) is 5.99. The quantitative estimate of drug-likeness (QED) is 0.418. The van der Waals surface area contributed by atoms with E-state index in [1.165, 1.54) is 55.5 Å². The van der Waals surface area contributed by atoms with Crippen molar-refractivity contribution >= 4 is 39.0 Å². The van der Waals surface area contributed by atoms with Gasteiger partial charge in [-0.25, -0.2) is 0 Å². The maximum atomic E-state index is 11.9. The number of unbranched alkanes of at least 4 members (excludes halogenated alkanes) is 3. The predicted molar refractivity (Wildman–Crippen MR) is 113 cm³/mol. The van der Waals surface area contributed by atoms with Crippen LogP contribution in [0.25, 0.3) is 10.9 Å². The first-order chi connectivity index (χ1) is 12.6. The molecule has 0 aliphatic rings. The number of nitrogens with zero attached hydrogens (tertiary/aromatic N) is 1. The van der Waals surface area contributed by atoms with Crippen LogP contribution >= 0.6 is 0 Å². The fourth-order valence-corrected chi connectivity index (χ4v) is 19.4. The number of benzene rings is 1. The van der Waals surface area contributed by atoms with Crippen LogP contribution in [0.1, 0.15) is 69.7 Å². The van der Waals surface area contributed by atoms with Crippen LogP contribution in [-0.4, -0.2) is 34.4 Å². The van der Waals surface area contributed by atoms with Gasteiger partial charge in [-0.3, -0.25) is 0 Å². The molecule has 2 rings (SSSR count). The maximum absolute atomic E-state index is 11.9. The standard InChI is InChI=1S/C10H6NO2.3C4H9.Sn/c12-10(13)8-5-6-11-9-4-2-1-3-7(8)9;3*1-3-4-2;/h1-5H,(H,12,13);3*1,3-4H2,2H3;. The van der Waals surface area contributed by atoms with Crippen molar-refractivity contribution in [3.63, 3.8) is 0 Å². The van der Waals surface area contributed by atoms with Crippen LogP contribution in [0.5, 0.6) is 0 Å². The van der Waals surface area contributed by atoms with Gasteiger partial charge < -0.3 is 0 Å². The molecule has 0 fully saturated rings. The molecule has 0 spiro atoms. The van der Waals surface area contributed by atoms with Crippen molar-refractivity contribution < 1.29 is 9.90 Å². The van der Waals surface area contributed by atoms with Crippen molar-refractivity contribution in [2.75, 3.05) is 0 Å². The Morgan fingerprint density at radius 3 is 2.00 bits per heavy atom. The topological polar surface area (TPSA) is 50.2 Å². The molecule has 3 nitrogen and oxygen atoms in total. The zero-order valence-corrected chi connectivity index (χ0v) is 19.4. The van der Waals surface area contributed by atoms with Gasteiger partial charge in [0, 0.05) is 0 Å². The van der Waals surface area contributed by atoms with E-state index in [1.54, 1.807) is 0 Å². The Kier molecular flexibility index (Phi) is 8.39. The second kappa shape index (κ2) is 10.3.